The molecule has 0 aliphatic carbocycles. The van der Waals surface area contributed by atoms with Gasteiger partial charge in [-0.25, -0.2) is 0 Å². The summed E-state index contributed by atoms with van der Waals surface area (Å²) in [4.78, 5) is 20.0. The van der Waals surface area contributed by atoms with Gasteiger partial charge >= 0.3 is 0 Å². The first-order chi connectivity index (χ1) is 10.3. The van der Waals surface area contributed by atoms with Crippen LogP contribution in [0.15, 0.2) is 61.4 Å². The first kappa shape index (κ1) is 13.0. The molecule has 3 rings (SSSR count). The summed E-state index contributed by atoms with van der Waals surface area (Å²) in [5, 5.41) is 7.00. The first-order valence-corrected chi connectivity index (χ1v) is 6.44. The van der Waals surface area contributed by atoms with E-state index in [1.165, 1.54) is 6.20 Å². The van der Waals surface area contributed by atoms with Crippen LogP contribution in [0.25, 0.3) is 0 Å². The van der Waals surface area contributed by atoms with Gasteiger partial charge in [-0.1, -0.05) is 6.07 Å². The molecule has 0 bridgehead atoms. The zero-order valence-corrected chi connectivity index (χ0v) is 11.2. The molecule has 1 N–H and O–H groups in total. The fraction of sp³-hybridized carbons (Fsp3) is 0.0667. The van der Waals surface area contributed by atoms with Crippen LogP contribution in [0.2, 0.25) is 0 Å². The molecule has 0 atom stereocenters. The quantitative estimate of drug-likeness (QED) is 0.792. The minimum atomic E-state index is -0.205. The number of hydrogen-bond donors (Lipinski definition) is 1. The van der Waals surface area contributed by atoms with Gasteiger partial charge < -0.3 is 5.32 Å². The number of amides is 1. The van der Waals surface area contributed by atoms with Crippen molar-refractivity contribution in [2.75, 3.05) is 5.32 Å². The Labute approximate surface area is 121 Å². The highest BCUT2D eigenvalue weighted by molar-refractivity contribution is 6.03. The SMILES string of the molecule is O=C(Nc1cnn(Cc2cccnc2)c1)c1cccnc1. The lowest BCUT2D eigenvalue weighted by molar-refractivity contribution is 0.102. The van der Waals surface area contributed by atoms with Gasteiger partial charge in [0, 0.05) is 31.0 Å². The first-order valence-electron chi connectivity index (χ1n) is 6.44. The number of nitrogens with zero attached hydrogens (tertiary/aromatic N) is 4. The summed E-state index contributed by atoms with van der Waals surface area (Å²) in [6.45, 7) is 0.608. The van der Waals surface area contributed by atoms with Gasteiger partial charge in [0.15, 0.2) is 0 Å². The van der Waals surface area contributed by atoms with E-state index < -0.39 is 0 Å². The van der Waals surface area contributed by atoms with Crippen LogP contribution in [0.3, 0.4) is 0 Å². The van der Waals surface area contributed by atoms with Crippen LogP contribution in [0, 0.1) is 0 Å². The second kappa shape index (κ2) is 5.96. The molecule has 0 spiro atoms. The number of carbonyl (C=O) groups excluding carboxylic acids is 1. The Kier molecular flexibility index (Phi) is 3.68. The summed E-state index contributed by atoms with van der Waals surface area (Å²) < 4.78 is 1.75. The molecule has 3 aromatic rings. The number of aromatic nitrogens is 4. The van der Waals surface area contributed by atoms with E-state index in [9.17, 15) is 4.79 Å². The van der Waals surface area contributed by atoms with Crippen LogP contribution in [-0.4, -0.2) is 25.7 Å². The minimum Gasteiger partial charge on any atom is -0.319 e. The number of nitrogens with one attached hydrogen (secondary N) is 1. The van der Waals surface area contributed by atoms with Gasteiger partial charge in [0.25, 0.3) is 5.91 Å². The van der Waals surface area contributed by atoms with E-state index in [1.54, 1.807) is 47.8 Å². The molecule has 104 valence electrons. The Balaban J connectivity index is 1.67. The van der Waals surface area contributed by atoms with Gasteiger partial charge in [0.2, 0.25) is 0 Å². The van der Waals surface area contributed by atoms with E-state index in [4.69, 9.17) is 0 Å². The van der Waals surface area contributed by atoms with Gasteiger partial charge in [0.05, 0.1) is 24.0 Å². The fourth-order valence-electron chi connectivity index (χ4n) is 1.89. The summed E-state index contributed by atoms with van der Waals surface area (Å²) in [5.41, 5.74) is 2.20. The van der Waals surface area contributed by atoms with Crippen molar-refractivity contribution in [1.82, 2.24) is 19.7 Å². The molecule has 6 heteroatoms. The maximum absolute atomic E-state index is 12.0. The normalized spacial score (nSPS) is 10.3. The van der Waals surface area contributed by atoms with Crippen molar-refractivity contribution in [3.8, 4) is 0 Å². The Morgan fingerprint density at radius 1 is 1.10 bits per heavy atom. The summed E-state index contributed by atoms with van der Waals surface area (Å²) in [6, 6.07) is 7.29. The zero-order chi connectivity index (χ0) is 14.5. The summed E-state index contributed by atoms with van der Waals surface area (Å²) in [5.74, 6) is -0.205. The predicted molar refractivity (Wildman–Crippen MR) is 77.8 cm³/mol. The van der Waals surface area contributed by atoms with Crippen LogP contribution in [0.1, 0.15) is 15.9 Å². The molecule has 0 aliphatic rings. The second-order valence-electron chi connectivity index (χ2n) is 4.48. The molecule has 6 nitrogen and oxygen atoms in total. The van der Waals surface area contributed by atoms with Crippen LogP contribution in [0.5, 0.6) is 0 Å². The molecule has 3 aromatic heterocycles. The molecule has 0 aromatic carbocycles. The second-order valence-corrected chi connectivity index (χ2v) is 4.48. The molecule has 1 amide bonds. The van der Waals surface area contributed by atoms with Crippen LogP contribution in [-0.2, 0) is 6.54 Å². The molecule has 0 unspecified atom stereocenters. The zero-order valence-electron chi connectivity index (χ0n) is 11.2. The lowest BCUT2D eigenvalue weighted by atomic mass is 10.2. The largest absolute Gasteiger partial charge is 0.319 e. The van der Waals surface area contributed by atoms with Gasteiger partial charge in [-0.15, -0.1) is 0 Å². The molecule has 0 saturated heterocycles. The topological polar surface area (TPSA) is 72.7 Å². The number of hydrogen-bond acceptors (Lipinski definition) is 4. The van der Waals surface area contributed by atoms with Crippen molar-refractivity contribution < 1.29 is 4.79 Å². The maximum atomic E-state index is 12.0. The molecule has 0 aliphatic heterocycles. The van der Waals surface area contributed by atoms with E-state index in [2.05, 4.69) is 20.4 Å². The third kappa shape index (κ3) is 3.30. The van der Waals surface area contributed by atoms with Crippen LogP contribution >= 0.6 is 0 Å². The van der Waals surface area contributed by atoms with Gasteiger partial charge in [-0.2, -0.15) is 5.10 Å². The molecule has 0 saturated carbocycles. The third-order valence-electron chi connectivity index (χ3n) is 2.88. The number of rotatable bonds is 4. The highest BCUT2D eigenvalue weighted by Crippen LogP contribution is 2.09. The number of carbonyl (C=O) groups is 1. The third-order valence-corrected chi connectivity index (χ3v) is 2.88. The van der Waals surface area contributed by atoms with Crippen molar-refractivity contribution >= 4 is 11.6 Å². The Hall–Kier alpha value is -3.02. The van der Waals surface area contributed by atoms with Gasteiger partial charge in [-0.05, 0) is 23.8 Å². The number of anilines is 1. The molecule has 0 radical (unpaired) electrons. The summed E-state index contributed by atoms with van der Waals surface area (Å²) in [6.07, 6.45) is 10.1. The monoisotopic (exact) mass is 279 g/mol. The molecule has 0 fully saturated rings. The van der Waals surface area contributed by atoms with E-state index in [0.29, 0.717) is 17.8 Å². The molecular weight excluding hydrogens is 266 g/mol. The average molecular weight is 279 g/mol. The van der Waals surface area contributed by atoms with Gasteiger partial charge in [0.1, 0.15) is 0 Å². The van der Waals surface area contributed by atoms with Crippen molar-refractivity contribution in [3.05, 3.63) is 72.6 Å². The van der Waals surface area contributed by atoms with Crippen LogP contribution in [0.4, 0.5) is 5.69 Å². The molecular formula is C15H13N5O. The van der Waals surface area contributed by atoms with Crippen molar-refractivity contribution in [2.24, 2.45) is 0 Å². The summed E-state index contributed by atoms with van der Waals surface area (Å²) in [7, 11) is 0. The van der Waals surface area contributed by atoms with E-state index in [1.807, 2.05) is 12.1 Å². The van der Waals surface area contributed by atoms with E-state index in [0.717, 1.165) is 5.56 Å². The number of pyridine rings is 2. The molecule has 3 heterocycles. The Morgan fingerprint density at radius 3 is 2.62 bits per heavy atom. The maximum Gasteiger partial charge on any atom is 0.257 e. The van der Waals surface area contributed by atoms with E-state index >= 15 is 0 Å². The predicted octanol–water partition coefficient (Wildman–Crippen LogP) is 1.97. The standard InChI is InChI=1S/C15H13N5O/c21-15(13-4-2-6-17-8-13)19-14-9-18-20(11-14)10-12-3-1-5-16-7-12/h1-9,11H,10H2,(H,19,21). The smallest absolute Gasteiger partial charge is 0.257 e. The average Bonchev–Trinajstić information content (AvgIpc) is 2.96. The van der Waals surface area contributed by atoms with Gasteiger partial charge in [-0.3, -0.25) is 19.4 Å². The minimum absolute atomic E-state index is 0.205. The van der Waals surface area contributed by atoms with E-state index in [-0.39, 0.29) is 5.91 Å². The van der Waals surface area contributed by atoms with Crippen molar-refractivity contribution in [2.45, 2.75) is 6.54 Å². The van der Waals surface area contributed by atoms with Crippen molar-refractivity contribution in [1.29, 1.82) is 0 Å². The summed E-state index contributed by atoms with van der Waals surface area (Å²) >= 11 is 0. The lowest BCUT2D eigenvalue weighted by Gasteiger charge is -2.02. The van der Waals surface area contributed by atoms with Crippen LogP contribution < -0.4 is 5.32 Å². The Morgan fingerprint density at radius 2 is 1.90 bits per heavy atom. The molecule has 21 heavy (non-hydrogen) atoms. The highest BCUT2D eigenvalue weighted by Gasteiger charge is 2.07. The Bertz CT molecular complexity index is 724. The highest BCUT2D eigenvalue weighted by atomic mass is 16.1. The lowest BCUT2D eigenvalue weighted by Crippen LogP contribution is -2.11. The van der Waals surface area contributed by atoms with Crippen molar-refractivity contribution in [3.63, 3.8) is 0 Å². The fourth-order valence-corrected chi connectivity index (χ4v) is 1.89.